The highest BCUT2D eigenvalue weighted by atomic mass is 16.4. The number of aromatic nitrogens is 2. The Bertz CT molecular complexity index is 396. The average Bonchev–Trinajstić information content (AvgIpc) is 2.28. The van der Waals surface area contributed by atoms with Gasteiger partial charge in [-0.25, -0.2) is 14.8 Å². The predicted octanol–water partition coefficient (Wildman–Crippen LogP) is 1.06. The van der Waals surface area contributed by atoms with Crippen LogP contribution in [0.1, 0.15) is 35.8 Å². The Labute approximate surface area is 99.7 Å². The van der Waals surface area contributed by atoms with Crippen molar-refractivity contribution >= 4 is 11.9 Å². The van der Waals surface area contributed by atoms with Gasteiger partial charge in [0.05, 0.1) is 17.4 Å². The lowest BCUT2D eigenvalue weighted by molar-refractivity contribution is 0.0695. The number of aromatic carboxylic acids is 1. The van der Waals surface area contributed by atoms with Crippen molar-refractivity contribution in [3.05, 3.63) is 17.5 Å². The van der Waals surface area contributed by atoms with Crippen LogP contribution in [0.25, 0.3) is 0 Å². The summed E-state index contributed by atoms with van der Waals surface area (Å²) in [6.45, 7) is 4.09. The zero-order chi connectivity index (χ0) is 12.8. The Hall–Kier alpha value is -1.69. The second kappa shape index (κ2) is 6.15. The molecule has 0 aliphatic rings. The lowest BCUT2D eigenvalue weighted by Crippen LogP contribution is -2.14. The number of rotatable bonds is 6. The molecule has 94 valence electrons. The smallest absolute Gasteiger partial charge is 0.339 e. The molecule has 0 fully saturated rings. The van der Waals surface area contributed by atoms with Crippen LogP contribution in [-0.4, -0.2) is 38.8 Å². The number of carboxylic acid groups (broad SMARTS) is 1. The summed E-state index contributed by atoms with van der Waals surface area (Å²) in [5, 5.41) is 21.1. The Kier molecular flexibility index (Phi) is 4.84. The molecule has 0 saturated heterocycles. The molecule has 0 radical (unpaired) electrons. The Morgan fingerprint density at radius 2 is 2.29 bits per heavy atom. The van der Waals surface area contributed by atoms with E-state index in [2.05, 4.69) is 15.3 Å². The molecule has 1 unspecified atom stereocenters. The van der Waals surface area contributed by atoms with Gasteiger partial charge >= 0.3 is 5.97 Å². The second-order valence-corrected chi connectivity index (χ2v) is 3.78. The van der Waals surface area contributed by atoms with Gasteiger partial charge < -0.3 is 15.5 Å². The van der Waals surface area contributed by atoms with Crippen LogP contribution in [-0.2, 0) is 0 Å². The van der Waals surface area contributed by atoms with Crippen molar-refractivity contribution in [1.29, 1.82) is 0 Å². The van der Waals surface area contributed by atoms with Crippen molar-refractivity contribution in [1.82, 2.24) is 9.97 Å². The molecule has 0 amide bonds. The maximum absolute atomic E-state index is 10.7. The minimum atomic E-state index is -1.03. The summed E-state index contributed by atoms with van der Waals surface area (Å²) >= 11 is 0. The number of hydrogen-bond donors (Lipinski definition) is 3. The third-order valence-electron chi connectivity index (χ3n) is 2.44. The fourth-order valence-electron chi connectivity index (χ4n) is 1.32. The number of carbonyl (C=O) groups is 1. The van der Waals surface area contributed by atoms with Gasteiger partial charge in [0.1, 0.15) is 0 Å². The van der Waals surface area contributed by atoms with Gasteiger partial charge in [0.15, 0.2) is 0 Å². The Morgan fingerprint density at radius 1 is 1.59 bits per heavy atom. The van der Waals surface area contributed by atoms with E-state index in [4.69, 9.17) is 5.11 Å². The predicted molar refractivity (Wildman–Crippen MR) is 63.1 cm³/mol. The van der Waals surface area contributed by atoms with Gasteiger partial charge in [0.2, 0.25) is 5.95 Å². The molecule has 0 spiro atoms. The van der Waals surface area contributed by atoms with Crippen LogP contribution in [0, 0.1) is 6.92 Å². The zero-order valence-corrected chi connectivity index (χ0v) is 9.97. The molecule has 1 aromatic heterocycles. The first-order valence-electron chi connectivity index (χ1n) is 5.53. The molecular formula is C11H17N3O3. The number of aliphatic hydroxyl groups is 1. The van der Waals surface area contributed by atoms with Crippen LogP contribution < -0.4 is 5.32 Å². The summed E-state index contributed by atoms with van der Waals surface area (Å²) in [7, 11) is 0. The topological polar surface area (TPSA) is 95.3 Å². The summed E-state index contributed by atoms with van der Waals surface area (Å²) < 4.78 is 0. The van der Waals surface area contributed by atoms with Gasteiger partial charge in [-0.2, -0.15) is 0 Å². The molecule has 0 aliphatic carbocycles. The Balaban J connectivity index is 2.56. The van der Waals surface area contributed by atoms with Gasteiger partial charge in [-0.3, -0.25) is 0 Å². The molecule has 0 bridgehead atoms. The molecule has 17 heavy (non-hydrogen) atoms. The number of aliphatic hydroxyl groups excluding tert-OH is 1. The third-order valence-corrected chi connectivity index (χ3v) is 2.44. The molecule has 0 saturated carbocycles. The quantitative estimate of drug-likeness (QED) is 0.687. The van der Waals surface area contributed by atoms with Gasteiger partial charge in [0, 0.05) is 12.7 Å². The summed E-state index contributed by atoms with van der Waals surface area (Å²) in [5.74, 6) is -0.647. The van der Waals surface area contributed by atoms with Crippen LogP contribution in [0.3, 0.4) is 0 Å². The van der Waals surface area contributed by atoms with Crippen molar-refractivity contribution in [2.24, 2.45) is 0 Å². The minimum Gasteiger partial charge on any atom is -0.478 e. The number of nitrogens with one attached hydrogen (secondary N) is 1. The first-order valence-corrected chi connectivity index (χ1v) is 5.53. The van der Waals surface area contributed by atoms with Crippen molar-refractivity contribution in [3.63, 3.8) is 0 Å². The van der Waals surface area contributed by atoms with Crippen molar-refractivity contribution in [3.8, 4) is 0 Å². The van der Waals surface area contributed by atoms with Crippen molar-refractivity contribution < 1.29 is 15.0 Å². The number of aryl methyl sites for hydroxylation is 1. The number of hydrogen-bond acceptors (Lipinski definition) is 5. The highest BCUT2D eigenvalue weighted by Gasteiger charge is 2.09. The summed E-state index contributed by atoms with van der Waals surface area (Å²) in [4.78, 5) is 18.7. The molecule has 1 aromatic rings. The van der Waals surface area contributed by atoms with E-state index in [1.807, 2.05) is 6.92 Å². The van der Waals surface area contributed by atoms with Crippen LogP contribution in [0.4, 0.5) is 5.95 Å². The lowest BCUT2D eigenvalue weighted by atomic mass is 10.2. The molecule has 0 aromatic carbocycles. The fraction of sp³-hybridized carbons (Fsp3) is 0.545. The first-order chi connectivity index (χ1) is 8.04. The van der Waals surface area contributed by atoms with Gasteiger partial charge in [-0.1, -0.05) is 6.92 Å². The third kappa shape index (κ3) is 3.99. The molecule has 1 rings (SSSR count). The second-order valence-electron chi connectivity index (χ2n) is 3.78. The van der Waals surface area contributed by atoms with E-state index in [1.54, 1.807) is 6.92 Å². The molecule has 6 nitrogen and oxygen atoms in total. The molecule has 1 heterocycles. The van der Waals surface area contributed by atoms with E-state index in [-0.39, 0.29) is 11.7 Å². The lowest BCUT2D eigenvalue weighted by Gasteiger charge is -2.09. The highest BCUT2D eigenvalue weighted by Crippen LogP contribution is 2.07. The van der Waals surface area contributed by atoms with E-state index in [9.17, 15) is 9.90 Å². The van der Waals surface area contributed by atoms with E-state index in [0.717, 1.165) is 0 Å². The number of nitrogens with zero attached hydrogens (tertiary/aromatic N) is 2. The molecule has 0 aliphatic heterocycles. The Morgan fingerprint density at radius 3 is 2.82 bits per heavy atom. The van der Waals surface area contributed by atoms with E-state index in [1.165, 1.54) is 6.20 Å². The summed E-state index contributed by atoms with van der Waals surface area (Å²) in [6.07, 6.45) is 2.27. The van der Waals surface area contributed by atoms with Gasteiger partial charge in [-0.05, 0) is 19.8 Å². The maximum Gasteiger partial charge on any atom is 0.339 e. The van der Waals surface area contributed by atoms with Crippen LogP contribution in [0.5, 0.6) is 0 Å². The normalized spacial score (nSPS) is 12.2. The maximum atomic E-state index is 10.7. The van der Waals surface area contributed by atoms with Gasteiger partial charge in [0.25, 0.3) is 0 Å². The largest absolute Gasteiger partial charge is 0.478 e. The van der Waals surface area contributed by atoms with Crippen molar-refractivity contribution in [2.45, 2.75) is 32.8 Å². The van der Waals surface area contributed by atoms with Crippen molar-refractivity contribution in [2.75, 3.05) is 11.9 Å². The zero-order valence-electron chi connectivity index (χ0n) is 9.97. The average molecular weight is 239 g/mol. The fourth-order valence-corrected chi connectivity index (χ4v) is 1.32. The van der Waals surface area contributed by atoms with Crippen LogP contribution >= 0.6 is 0 Å². The van der Waals surface area contributed by atoms with Crippen LogP contribution in [0.2, 0.25) is 0 Å². The van der Waals surface area contributed by atoms with Gasteiger partial charge in [-0.15, -0.1) is 0 Å². The first kappa shape index (κ1) is 13.4. The molecule has 1 atom stereocenters. The SMILES string of the molecule is CCC(O)CCNc1ncc(C(=O)O)c(C)n1. The van der Waals surface area contributed by atoms with E-state index >= 15 is 0 Å². The molecular weight excluding hydrogens is 222 g/mol. The number of carboxylic acids is 1. The van der Waals surface area contributed by atoms with Crippen LogP contribution in [0.15, 0.2) is 6.20 Å². The molecule has 3 N–H and O–H groups in total. The monoisotopic (exact) mass is 239 g/mol. The van der Waals surface area contributed by atoms with E-state index < -0.39 is 5.97 Å². The summed E-state index contributed by atoms with van der Waals surface area (Å²) in [5.41, 5.74) is 0.523. The number of anilines is 1. The van der Waals surface area contributed by atoms with E-state index in [0.29, 0.717) is 31.0 Å². The molecule has 6 heteroatoms. The summed E-state index contributed by atoms with van der Waals surface area (Å²) in [6, 6.07) is 0. The standard InChI is InChI=1S/C11H17N3O3/c1-3-8(15)4-5-12-11-13-6-9(10(16)17)7(2)14-11/h6,8,15H,3-5H2,1-2H3,(H,16,17)(H,12,13,14). The minimum absolute atomic E-state index is 0.101. The highest BCUT2D eigenvalue weighted by molar-refractivity contribution is 5.88.